The molecule has 0 saturated heterocycles. The molecule has 82 valence electrons. The van der Waals surface area contributed by atoms with Gasteiger partial charge in [-0.3, -0.25) is 0 Å². The van der Waals surface area contributed by atoms with E-state index in [0.717, 1.165) is 0 Å². The van der Waals surface area contributed by atoms with Gasteiger partial charge >= 0.3 is 0 Å². The zero-order valence-corrected chi connectivity index (χ0v) is 10.3. The molecule has 4 heteroatoms. The summed E-state index contributed by atoms with van der Waals surface area (Å²) in [5.74, 6) is -1.06. The van der Waals surface area contributed by atoms with Crippen molar-refractivity contribution in [1.82, 2.24) is 0 Å². The Hall–Kier alpha value is -0.930. The maximum absolute atomic E-state index is 13.6. The van der Waals surface area contributed by atoms with E-state index in [1.807, 2.05) is 0 Å². The lowest BCUT2D eigenvalue weighted by Gasteiger charge is -2.09. The first-order valence-corrected chi connectivity index (χ1v) is 5.66. The van der Waals surface area contributed by atoms with Gasteiger partial charge in [0, 0.05) is 15.6 Å². The summed E-state index contributed by atoms with van der Waals surface area (Å²) in [5, 5.41) is 0.186. The molecule has 2 aromatic carbocycles. The molecule has 0 amide bonds. The number of hydrogen-bond acceptors (Lipinski definition) is 0. The van der Waals surface area contributed by atoms with Crippen LogP contribution >= 0.6 is 27.5 Å². The zero-order valence-electron chi connectivity index (χ0n) is 7.98. The van der Waals surface area contributed by atoms with Gasteiger partial charge < -0.3 is 0 Å². The van der Waals surface area contributed by atoms with E-state index in [1.165, 1.54) is 30.3 Å². The minimum atomic E-state index is -0.543. The normalized spacial score (nSPS) is 10.5. The van der Waals surface area contributed by atoms with Crippen LogP contribution in [0, 0.1) is 11.6 Å². The maximum Gasteiger partial charge on any atom is 0.132 e. The second-order valence-corrected chi connectivity index (χ2v) is 4.45. The van der Waals surface area contributed by atoms with Crippen LogP contribution in [0.25, 0.3) is 11.1 Å². The van der Waals surface area contributed by atoms with Crippen molar-refractivity contribution in [1.29, 1.82) is 0 Å². The molecule has 0 aliphatic heterocycles. The molecule has 2 rings (SSSR count). The second kappa shape index (κ2) is 4.52. The van der Waals surface area contributed by atoms with Gasteiger partial charge in [0.05, 0.1) is 5.02 Å². The highest BCUT2D eigenvalue weighted by Crippen LogP contribution is 2.36. The zero-order chi connectivity index (χ0) is 11.7. The number of benzene rings is 2. The predicted octanol–water partition coefficient (Wildman–Crippen LogP) is 5.05. The summed E-state index contributed by atoms with van der Waals surface area (Å²) in [6, 6.07) is 8.70. The van der Waals surface area contributed by atoms with Crippen LogP contribution in [0.3, 0.4) is 0 Å². The largest absolute Gasteiger partial charge is 0.206 e. The van der Waals surface area contributed by atoms with Crippen molar-refractivity contribution in [3.05, 3.63) is 57.5 Å². The summed E-state index contributed by atoms with van der Waals surface area (Å²) in [5.41, 5.74) is 0.222. The Morgan fingerprint density at radius 1 is 0.875 bits per heavy atom. The third-order valence-electron chi connectivity index (χ3n) is 2.18. The fourth-order valence-corrected chi connectivity index (χ4v) is 2.27. The molecular weight excluding hydrogens is 297 g/mol. The first-order valence-electron chi connectivity index (χ1n) is 4.49. The van der Waals surface area contributed by atoms with E-state index in [9.17, 15) is 8.78 Å². The summed E-state index contributed by atoms with van der Waals surface area (Å²) in [4.78, 5) is 0. The Labute approximate surface area is 105 Å². The molecular formula is C12H6BrClF2. The third kappa shape index (κ3) is 1.97. The molecule has 0 N–H and O–H groups in total. The van der Waals surface area contributed by atoms with Crippen LogP contribution in [0.4, 0.5) is 8.78 Å². The van der Waals surface area contributed by atoms with Gasteiger partial charge in [0.2, 0.25) is 0 Å². The number of halogens is 4. The second-order valence-electron chi connectivity index (χ2n) is 3.19. The Kier molecular flexibility index (Phi) is 3.26. The highest BCUT2D eigenvalue weighted by atomic mass is 79.9. The molecule has 0 spiro atoms. The Morgan fingerprint density at radius 3 is 2.00 bits per heavy atom. The van der Waals surface area contributed by atoms with Crippen LogP contribution in [0.1, 0.15) is 0 Å². The van der Waals surface area contributed by atoms with Gasteiger partial charge in [-0.05, 0) is 24.3 Å². The molecule has 2 aromatic rings. The van der Waals surface area contributed by atoms with Crippen LogP contribution in [-0.4, -0.2) is 0 Å². The van der Waals surface area contributed by atoms with Crippen molar-refractivity contribution in [2.45, 2.75) is 0 Å². The molecule has 0 heterocycles. The Morgan fingerprint density at radius 2 is 1.44 bits per heavy atom. The highest BCUT2D eigenvalue weighted by molar-refractivity contribution is 9.10. The van der Waals surface area contributed by atoms with Gasteiger partial charge in [-0.15, -0.1) is 0 Å². The van der Waals surface area contributed by atoms with Crippen LogP contribution in [0.2, 0.25) is 5.02 Å². The fourth-order valence-electron chi connectivity index (χ4n) is 1.47. The average molecular weight is 304 g/mol. The lowest BCUT2D eigenvalue weighted by Crippen LogP contribution is -1.91. The summed E-state index contributed by atoms with van der Waals surface area (Å²) in [6.45, 7) is 0. The van der Waals surface area contributed by atoms with Crippen LogP contribution < -0.4 is 0 Å². The molecule has 0 saturated carbocycles. The van der Waals surface area contributed by atoms with Gasteiger partial charge in [-0.2, -0.15) is 0 Å². The van der Waals surface area contributed by atoms with Gasteiger partial charge in [0.15, 0.2) is 0 Å². The van der Waals surface area contributed by atoms with E-state index in [2.05, 4.69) is 15.9 Å². The molecule has 0 fully saturated rings. The van der Waals surface area contributed by atoms with Crippen molar-refractivity contribution < 1.29 is 8.78 Å². The summed E-state index contributed by atoms with van der Waals surface area (Å²) in [7, 11) is 0. The van der Waals surface area contributed by atoms with Crippen LogP contribution in [-0.2, 0) is 0 Å². The van der Waals surface area contributed by atoms with E-state index < -0.39 is 11.6 Å². The first kappa shape index (κ1) is 11.6. The Bertz CT molecular complexity index is 451. The number of hydrogen-bond donors (Lipinski definition) is 0. The monoisotopic (exact) mass is 302 g/mol. The van der Waals surface area contributed by atoms with Crippen LogP contribution in [0.5, 0.6) is 0 Å². The molecule has 0 radical (unpaired) electrons. The van der Waals surface area contributed by atoms with Crippen molar-refractivity contribution in [3.8, 4) is 11.1 Å². The maximum atomic E-state index is 13.6. The average Bonchev–Trinajstić information content (AvgIpc) is 2.21. The van der Waals surface area contributed by atoms with E-state index in [4.69, 9.17) is 11.6 Å². The summed E-state index contributed by atoms with van der Waals surface area (Å²) < 4.78 is 27.7. The quantitative estimate of drug-likeness (QED) is 0.692. The molecule has 0 aliphatic carbocycles. The van der Waals surface area contributed by atoms with Crippen LogP contribution in [0.15, 0.2) is 40.9 Å². The molecule has 0 bridgehead atoms. The van der Waals surface area contributed by atoms with Gasteiger partial charge in [-0.1, -0.05) is 39.7 Å². The summed E-state index contributed by atoms with van der Waals surface area (Å²) in [6.07, 6.45) is 0. The van der Waals surface area contributed by atoms with Gasteiger partial charge in [0.25, 0.3) is 0 Å². The lowest BCUT2D eigenvalue weighted by molar-refractivity contribution is 0.616. The smallest absolute Gasteiger partial charge is 0.132 e. The molecule has 0 atom stereocenters. The van der Waals surface area contributed by atoms with Gasteiger partial charge in [-0.25, -0.2) is 8.78 Å². The minimum absolute atomic E-state index is 0.0779. The third-order valence-corrected chi connectivity index (χ3v) is 3.15. The van der Waals surface area contributed by atoms with E-state index in [0.29, 0.717) is 4.47 Å². The van der Waals surface area contributed by atoms with E-state index in [1.54, 1.807) is 6.07 Å². The van der Waals surface area contributed by atoms with E-state index >= 15 is 0 Å². The molecule has 0 unspecified atom stereocenters. The molecule has 0 aliphatic rings. The molecule has 16 heavy (non-hydrogen) atoms. The minimum Gasteiger partial charge on any atom is -0.206 e. The van der Waals surface area contributed by atoms with Crippen molar-refractivity contribution in [2.75, 3.05) is 0 Å². The van der Waals surface area contributed by atoms with Gasteiger partial charge in [0.1, 0.15) is 11.6 Å². The first-order chi connectivity index (χ1) is 7.61. The fraction of sp³-hybridized carbons (Fsp3) is 0. The Balaban J connectivity index is 2.77. The standard InChI is InChI=1S/C12H6BrClF2/c13-7-3-1-5-9(15)11(7)12-8(14)4-2-6-10(12)16/h1-6H. The number of rotatable bonds is 1. The van der Waals surface area contributed by atoms with Crippen molar-refractivity contribution >= 4 is 27.5 Å². The topological polar surface area (TPSA) is 0 Å². The highest BCUT2D eigenvalue weighted by Gasteiger charge is 2.16. The van der Waals surface area contributed by atoms with Crippen molar-refractivity contribution in [3.63, 3.8) is 0 Å². The van der Waals surface area contributed by atoms with E-state index in [-0.39, 0.29) is 16.1 Å². The SMILES string of the molecule is Fc1cccc(Cl)c1-c1c(F)cccc1Br. The van der Waals surface area contributed by atoms with Crippen molar-refractivity contribution in [2.24, 2.45) is 0 Å². The summed E-state index contributed by atoms with van der Waals surface area (Å²) >= 11 is 9.07. The predicted molar refractivity (Wildman–Crippen MR) is 64.5 cm³/mol. The molecule has 0 aromatic heterocycles. The molecule has 0 nitrogen and oxygen atoms in total. The lowest BCUT2D eigenvalue weighted by atomic mass is 10.0.